The van der Waals surface area contributed by atoms with Crippen molar-refractivity contribution in [2.45, 2.75) is 6.92 Å². The zero-order valence-electron chi connectivity index (χ0n) is 8.71. The lowest BCUT2D eigenvalue weighted by Crippen LogP contribution is -2.19. The molecule has 82 valence electrons. The Balaban J connectivity index is 2.87. The number of benzene rings is 1. The fraction of sp³-hybridized carbons (Fsp3) is 0.167. The zero-order valence-corrected chi connectivity index (χ0v) is 9.47. The Kier molecular flexibility index (Phi) is 4.56. The van der Waals surface area contributed by atoms with Crippen molar-refractivity contribution in [2.24, 2.45) is 0 Å². The van der Waals surface area contributed by atoms with Crippen LogP contribution < -0.4 is 5.32 Å². The summed E-state index contributed by atoms with van der Waals surface area (Å²) in [4.78, 5) is 21.3. The van der Waals surface area contributed by atoms with Gasteiger partial charge in [-0.1, -0.05) is 35.6 Å². The third kappa shape index (κ3) is 3.41. The summed E-state index contributed by atoms with van der Waals surface area (Å²) in [6, 6.07) is 4.99. The van der Waals surface area contributed by atoms with Gasteiger partial charge >= 0.3 is 0 Å². The van der Waals surface area contributed by atoms with E-state index in [1.165, 1.54) is 6.92 Å². The smallest absolute Gasteiger partial charge is 0.217 e. The molecular formula is C12H10ClNO2. The van der Waals surface area contributed by atoms with Crippen LogP contribution in [-0.2, 0) is 4.79 Å². The van der Waals surface area contributed by atoms with E-state index < -0.39 is 0 Å². The van der Waals surface area contributed by atoms with Crippen molar-refractivity contribution >= 4 is 23.8 Å². The van der Waals surface area contributed by atoms with Gasteiger partial charge in [0.1, 0.15) is 0 Å². The summed E-state index contributed by atoms with van der Waals surface area (Å²) < 4.78 is 0. The molecule has 0 unspecified atom stereocenters. The topological polar surface area (TPSA) is 46.2 Å². The van der Waals surface area contributed by atoms with E-state index in [2.05, 4.69) is 17.2 Å². The average molecular weight is 236 g/mol. The number of amides is 1. The van der Waals surface area contributed by atoms with Crippen LogP contribution in [0.25, 0.3) is 0 Å². The van der Waals surface area contributed by atoms with E-state index in [0.29, 0.717) is 22.4 Å². The Hall–Kier alpha value is -1.79. The predicted molar refractivity (Wildman–Crippen MR) is 62.4 cm³/mol. The van der Waals surface area contributed by atoms with E-state index in [0.717, 1.165) is 0 Å². The Morgan fingerprint density at radius 1 is 1.56 bits per heavy atom. The van der Waals surface area contributed by atoms with Crippen LogP contribution in [0.3, 0.4) is 0 Å². The minimum Gasteiger partial charge on any atom is -0.345 e. The molecule has 0 saturated carbocycles. The van der Waals surface area contributed by atoms with Gasteiger partial charge in [-0.3, -0.25) is 9.59 Å². The lowest BCUT2D eigenvalue weighted by Gasteiger charge is -1.98. The molecule has 0 aliphatic carbocycles. The maximum Gasteiger partial charge on any atom is 0.217 e. The van der Waals surface area contributed by atoms with Gasteiger partial charge < -0.3 is 5.32 Å². The van der Waals surface area contributed by atoms with Gasteiger partial charge in [0.2, 0.25) is 5.91 Å². The summed E-state index contributed by atoms with van der Waals surface area (Å²) in [5.74, 6) is 5.33. The van der Waals surface area contributed by atoms with Crippen LogP contribution >= 0.6 is 11.6 Å². The number of carbonyl (C=O) groups is 2. The lowest BCUT2D eigenvalue weighted by molar-refractivity contribution is -0.118. The number of aldehydes is 1. The number of nitrogens with one attached hydrogen (secondary N) is 1. The molecule has 1 amide bonds. The first-order valence-electron chi connectivity index (χ1n) is 4.62. The van der Waals surface area contributed by atoms with Crippen LogP contribution in [0.15, 0.2) is 18.2 Å². The Labute approximate surface area is 98.8 Å². The molecule has 0 bridgehead atoms. The molecule has 4 heteroatoms. The maximum absolute atomic E-state index is 10.7. The van der Waals surface area contributed by atoms with Crippen molar-refractivity contribution in [1.29, 1.82) is 0 Å². The second-order valence-electron chi connectivity index (χ2n) is 3.03. The molecule has 0 fully saturated rings. The summed E-state index contributed by atoms with van der Waals surface area (Å²) in [6.07, 6.45) is 0.703. The quantitative estimate of drug-likeness (QED) is 0.626. The number of rotatable bonds is 2. The Morgan fingerprint density at radius 3 is 2.94 bits per heavy atom. The minimum absolute atomic E-state index is 0.149. The Morgan fingerprint density at radius 2 is 2.31 bits per heavy atom. The van der Waals surface area contributed by atoms with Gasteiger partial charge in [-0.05, 0) is 6.07 Å². The fourth-order valence-electron chi connectivity index (χ4n) is 1.07. The second-order valence-corrected chi connectivity index (χ2v) is 3.44. The zero-order chi connectivity index (χ0) is 12.0. The summed E-state index contributed by atoms with van der Waals surface area (Å²) in [5, 5.41) is 2.96. The second kappa shape index (κ2) is 5.94. The first-order chi connectivity index (χ1) is 7.65. The third-order valence-electron chi connectivity index (χ3n) is 1.81. The van der Waals surface area contributed by atoms with E-state index in [1.54, 1.807) is 18.2 Å². The van der Waals surface area contributed by atoms with E-state index in [9.17, 15) is 9.59 Å². The van der Waals surface area contributed by atoms with Crippen molar-refractivity contribution < 1.29 is 9.59 Å². The van der Waals surface area contributed by atoms with Crippen molar-refractivity contribution in [2.75, 3.05) is 6.54 Å². The maximum atomic E-state index is 10.7. The van der Waals surface area contributed by atoms with E-state index in [-0.39, 0.29) is 12.5 Å². The lowest BCUT2D eigenvalue weighted by atomic mass is 10.1. The van der Waals surface area contributed by atoms with E-state index in [4.69, 9.17) is 11.6 Å². The molecule has 1 aromatic rings. The molecule has 0 spiro atoms. The van der Waals surface area contributed by atoms with E-state index in [1.807, 2.05) is 0 Å². The normalized spacial score (nSPS) is 8.88. The standard InChI is InChI=1S/C12H10ClNO2/c1-9(16)14-7-3-5-11-10(8-15)4-2-6-12(11)13/h2,4,6,8H,7H2,1H3,(H,14,16). The molecule has 0 aromatic heterocycles. The molecule has 1 aromatic carbocycles. The highest BCUT2D eigenvalue weighted by atomic mass is 35.5. The SMILES string of the molecule is CC(=O)NCC#Cc1c(Cl)cccc1C=O. The van der Waals surface area contributed by atoms with Crippen molar-refractivity contribution in [1.82, 2.24) is 5.32 Å². The molecule has 0 saturated heterocycles. The van der Waals surface area contributed by atoms with Crippen molar-refractivity contribution in [3.05, 3.63) is 34.3 Å². The molecule has 0 radical (unpaired) electrons. The van der Waals surface area contributed by atoms with Crippen LogP contribution in [0, 0.1) is 11.8 Å². The molecule has 0 aliphatic heterocycles. The van der Waals surface area contributed by atoms with Gasteiger partial charge in [-0.2, -0.15) is 0 Å². The Bertz CT molecular complexity index is 472. The molecule has 0 aliphatic rings. The number of hydrogen-bond donors (Lipinski definition) is 1. The first-order valence-corrected chi connectivity index (χ1v) is 5.00. The fourth-order valence-corrected chi connectivity index (χ4v) is 1.30. The van der Waals surface area contributed by atoms with Crippen molar-refractivity contribution in [3.8, 4) is 11.8 Å². The molecule has 0 atom stereocenters. The highest BCUT2D eigenvalue weighted by Crippen LogP contribution is 2.17. The molecular weight excluding hydrogens is 226 g/mol. The molecule has 1 rings (SSSR count). The summed E-state index contributed by atoms with van der Waals surface area (Å²) in [7, 11) is 0. The summed E-state index contributed by atoms with van der Waals surface area (Å²) in [6.45, 7) is 1.65. The monoisotopic (exact) mass is 235 g/mol. The largest absolute Gasteiger partial charge is 0.345 e. The van der Waals surface area contributed by atoms with Gasteiger partial charge in [0.25, 0.3) is 0 Å². The van der Waals surface area contributed by atoms with Gasteiger partial charge in [-0.25, -0.2) is 0 Å². The van der Waals surface area contributed by atoms with E-state index >= 15 is 0 Å². The van der Waals surface area contributed by atoms with Gasteiger partial charge in [0.05, 0.1) is 17.1 Å². The van der Waals surface area contributed by atoms with Crippen LogP contribution in [-0.4, -0.2) is 18.7 Å². The number of hydrogen-bond acceptors (Lipinski definition) is 2. The molecule has 3 nitrogen and oxygen atoms in total. The van der Waals surface area contributed by atoms with Gasteiger partial charge in [-0.15, -0.1) is 0 Å². The number of carbonyl (C=O) groups excluding carboxylic acids is 2. The van der Waals surface area contributed by atoms with Crippen LogP contribution in [0.2, 0.25) is 5.02 Å². The van der Waals surface area contributed by atoms with Crippen LogP contribution in [0.5, 0.6) is 0 Å². The number of halogens is 1. The average Bonchev–Trinajstić information content (AvgIpc) is 2.25. The molecule has 16 heavy (non-hydrogen) atoms. The molecule has 1 N–H and O–H groups in total. The molecule has 0 heterocycles. The van der Waals surface area contributed by atoms with Crippen LogP contribution in [0.4, 0.5) is 0 Å². The minimum atomic E-state index is -0.149. The van der Waals surface area contributed by atoms with Gasteiger partial charge in [0, 0.05) is 12.5 Å². The van der Waals surface area contributed by atoms with Gasteiger partial charge in [0.15, 0.2) is 6.29 Å². The summed E-state index contributed by atoms with van der Waals surface area (Å²) in [5.41, 5.74) is 0.937. The van der Waals surface area contributed by atoms with Crippen LogP contribution in [0.1, 0.15) is 22.8 Å². The first kappa shape index (κ1) is 12.3. The highest BCUT2D eigenvalue weighted by Gasteiger charge is 2.02. The highest BCUT2D eigenvalue weighted by molar-refractivity contribution is 6.32. The third-order valence-corrected chi connectivity index (χ3v) is 2.13. The summed E-state index contributed by atoms with van der Waals surface area (Å²) >= 11 is 5.90. The van der Waals surface area contributed by atoms with Crippen molar-refractivity contribution in [3.63, 3.8) is 0 Å². The predicted octanol–water partition coefficient (Wildman–Crippen LogP) is 1.64.